The molecular formula is C13H20N2O. The Morgan fingerprint density at radius 2 is 2.12 bits per heavy atom. The lowest BCUT2D eigenvalue weighted by Crippen LogP contribution is -2.30. The predicted molar refractivity (Wildman–Crippen MR) is 65.7 cm³/mol. The first-order valence-electron chi connectivity index (χ1n) is 5.87. The lowest BCUT2D eigenvalue weighted by Gasteiger charge is -2.11. The van der Waals surface area contributed by atoms with Crippen LogP contribution in [0.5, 0.6) is 5.75 Å². The Morgan fingerprint density at radius 3 is 2.69 bits per heavy atom. The first-order chi connectivity index (χ1) is 7.78. The third-order valence-corrected chi connectivity index (χ3v) is 3.10. The lowest BCUT2D eigenvalue weighted by molar-refractivity contribution is 0.414. The largest absolute Gasteiger partial charge is 0.497 e. The number of rotatable bonds is 4. The molecule has 0 bridgehead atoms. The summed E-state index contributed by atoms with van der Waals surface area (Å²) in [5.74, 6) is 0.917. The number of ether oxygens (including phenoxy) is 1. The van der Waals surface area contributed by atoms with E-state index in [-0.39, 0.29) is 0 Å². The molecule has 1 saturated heterocycles. The molecule has 0 radical (unpaired) electrons. The molecule has 2 unspecified atom stereocenters. The molecule has 1 fully saturated rings. The van der Waals surface area contributed by atoms with Crippen LogP contribution in [0.3, 0.4) is 0 Å². The van der Waals surface area contributed by atoms with Crippen molar-refractivity contribution in [1.82, 2.24) is 10.6 Å². The van der Waals surface area contributed by atoms with Crippen molar-refractivity contribution in [2.45, 2.75) is 32.0 Å². The Labute approximate surface area is 97.2 Å². The zero-order chi connectivity index (χ0) is 11.4. The molecule has 2 N–H and O–H groups in total. The van der Waals surface area contributed by atoms with Crippen LogP contribution in [-0.4, -0.2) is 25.7 Å². The van der Waals surface area contributed by atoms with Gasteiger partial charge in [0.15, 0.2) is 0 Å². The zero-order valence-corrected chi connectivity index (χ0v) is 9.99. The van der Waals surface area contributed by atoms with E-state index < -0.39 is 0 Å². The highest BCUT2D eigenvalue weighted by Crippen LogP contribution is 2.12. The Kier molecular flexibility index (Phi) is 3.80. The SMILES string of the molecule is COc1ccc(CNC2CNC(C)C2)cc1. The summed E-state index contributed by atoms with van der Waals surface area (Å²) in [5, 5.41) is 7.00. The summed E-state index contributed by atoms with van der Waals surface area (Å²) in [6.07, 6.45) is 1.22. The Hall–Kier alpha value is -1.06. The fraction of sp³-hybridized carbons (Fsp3) is 0.538. The number of hydrogen-bond acceptors (Lipinski definition) is 3. The third kappa shape index (κ3) is 2.97. The average Bonchev–Trinajstić information content (AvgIpc) is 2.73. The minimum atomic E-state index is 0.608. The molecule has 0 aromatic heterocycles. The standard InChI is InChI=1S/C13H20N2O/c1-10-7-12(9-14-10)15-8-11-3-5-13(16-2)6-4-11/h3-6,10,12,14-15H,7-9H2,1-2H3. The van der Waals surface area contributed by atoms with Crippen LogP contribution in [0.2, 0.25) is 0 Å². The minimum absolute atomic E-state index is 0.608. The second-order valence-corrected chi connectivity index (χ2v) is 4.47. The molecule has 0 aliphatic carbocycles. The van der Waals surface area contributed by atoms with Gasteiger partial charge in [-0.3, -0.25) is 0 Å². The number of nitrogens with one attached hydrogen (secondary N) is 2. The Morgan fingerprint density at radius 1 is 1.38 bits per heavy atom. The highest BCUT2D eigenvalue weighted by molar-refractivity contribution is 5.27. The van der Waals surface area contributed by atoms with E-state index in [1.807, 2.05) is 12.1 Å². The van der Waals surface area contributed by atoms with Gasteiger partial charge in [0.2, 0.25) is 0 Å². The maximum absolute atomic E-state index is 5.13. The van der Waals surface area contributed by atoms with Gasteiger partial charge in [0, 0.05) is 25.2 Å². The summed E-state index contributed by atoms with van der Waals surface area (Å²) in [5.41, 5.74) is 1.31. The number of benzene rings is 1. The van der Waals surface area contributed by atoms with Gasteiger partial charge < -0.3 is 15.4 Å². The first kappa shape index (κ1) is 11.4. The predicted octanol–water partition coefficient (Wildman–Crippen LogP) is 1.54. The van der Waals surface area contributed by atoms with E-state index in [1.165, 1.54) is 12.0 Å². The summed E-state index contributed by atoms with van der Waals surface area (Å²) >= 11 is 0. The zero-order valence-electron chi connectivity index (χ0n) is 9.99. The van der Waals surface area contributed by atoms with Crippen LogP contribution < -0.4 is 15.4 Å². The quantitative estimate of drug-likeness (QED) is 0.807. The van der Waals surface area contributed by atoms with Crippen LogP contribution in [0.15, 0.2) is 24.3 Å². The van der Waals surface area contributed by atoms with Crippen molar-refractivity contribution in [2.24, 2.45) is 0 Å². The maximum atomic E-state index is 5.13. The van der Waals surface area contributed by atoms with Crippen LogP contribution >= 0.6 is 0 Å². The van der Waals surface area contributed by atoms with Gasteiger partial charge in [-0.15, -0.1) is 0 Å². The molecule has 1 aliphatic rings. The maximum Gasteiger partial charge on any atom is 0.118 e. The van der Waals surface area contributed by atoms with Gasteiger partial charge in [-0.05, 0) is 31.0 Å². The van der Waals surface area contributed by atoms with Crippen molar-refractivity contribution in [3.63, 3.8) is 0 Å². The van der Waals surface area contributed by atoms with Crippen LogP contribution in [-0.2, 0) is 6.54 Å². The molecule has 1 aromatic carbocycles. The van der Waals surface area contributed by atoms with Gasteiger partial charge in [0.05, 0.1) is 7.11 Å². The summed E-state index contributed by atoms with van der Waals surface area (Å²) < 4.78 is 5.13. The third-order valence-electron chi connectivity index (χ3n) is 3.10. The highest BCUT2D eigenvalue weighted by Gasteiger charge is 2.19. The van der Waals surface area contributed by atoms with E-state index in [4.69, 9.17) is 4.74 Å². The fourth-order valence-electron chi connectivity index (χ4n) is 2.10. The Balaban J connectivity index is 1.80. The smallest absolute Gasteiger partial charge is 0.118 e. The van der Waals surface area contributed by atoms with Gasteiger partial charge in [0.25, 0.3) is 0 Å². The second-order valence-electron chi connectivity index (χ2n) is 4.47. The van der Waals surface area contributed by atoms with Crippen LogP contribution in [0.25, 0.3) is 0 Å². The molecule has 16 heavy (non-hydrogen) atoms. The number of hydrogen-bond donors (Lipinski definition) is 2. The van der Waals surface area contributed by atoms with Gasteiger partial charge in [-0.2, -0.15) is 0 Å². The molecule has 2 rings (SSSR count). The van der Waals surface area contributed by atoms with Gasteiger partial charge in [-0.1, -0.05) is 12.1 Å². The molecule has 0 spiro atoms. The molecule has 1 aromatic rings. The van der Waals surface area contributed by atoms with Crippen LogP contribution in [0, 0.1) is 0 Å². The van der Waals surface area contributed by atoms with Crippen molar-refractivity contribution in [2.75, 3.05) is 13.7 Å². The van der Waals surface area contributed by atoms with Crippen molar-refractivity contribution in [3.8, 4) is 5.75 Å². The van der Waals surface area contributed by atoms with Gasteiger partial charge >= 0.3 is 0 Å². The summed E-state index contributed by atoms with van der Waals surface area (Å²) in [6.45, 7) is 4.25. The van der Waals surface area contributed by atoms with E-state index in [9.17, 15) is 0 Å². The van der Waals surface area contributed by atoms with Gasteiger partial charge in [0.1, 0.15) is 5.75 Å². The van der Waals surface area contributed by atoms with E-state index in [0.29, 0.717) is 12.1 Å². The minimum Gasteiger partial charge on any atom is -0.497 e. The molecule has 3 heteroatoms. The van der Waals surface area contributed by atoms with Gasteiger partial charge in [-0.25, -0.2) is 0 Å². The molecule has 88 valence electrons. The van der Waals surface area contributed by atoms with E-state index in [1.54, 1.807) is 7.11 Å². The normalized spacial score (nSPS) is 24.6. The fourth-order valence-corrected chi connectivity index (χ4v) is 2.10. The molecule has 3 nitrogen and oxygen atoms in total. The molecule has 2 atom stereocenters. The van der Waals surface area contributed by atoms with Crippen LogP contribution in [0.4, 0.5) is 0 Å². The first-order valence-corrected chi connectivity index (χ1v) is 5.87. The van der Waals surface area contributed by atoms with Crippen molar-refractivity contribution in [1.29, 1.82) is 0 Å². The topological polar surface area (TPSA) is 33.3 Å². The Bertz CT molecular complexity index is 323. The van der Waals surface area contributed by atoms with Crippen molar-refractivity contribution in [3.05, 3.63) is 29.8 Å². The molecule has 1 aliphatic heterocycles. The average molecular weight is 220 g/mol. The number of methoxy groups -OCH3 is 1. The summed E-state index contributed by atoms with van der Waals surface area (Å²) in [6, 6.07) is 9.49. The lowest BCUT2D eigenvalue weighted by atomic mass is 10.1. The van der Waals surface area contributed by atoms with Crippen molar-refractivity contribution >= 4 is 0 Å². The van der Waals surface area contributed by atoms with Crippen LogP contribution in [0.1, 0.15) is 18.9 Å². The summed E-state index contributed by atoms with van der Waals surface area (Å²) in [4.78, 5) is 0. The van der Waals surface area contributed by atoms with E-state index >= 15 is 0 Å². The molecule has 0 amide bonds. The molecule has 1 heterocycles. The molecular weight excluding hydrogens is 200 g/mol. The van der Waals surface area contributed by atoms with Crippen molar-refractivity contribution < 1.29 is 4.74 Å². The van der Waals surface area contributed by atoms with E-state index in [2.05, 4.69) is 29.7 Å². The second kappa shape index (κ2) is 5.32. The monoisotopic (exact) mass is 220 g/mol. The highest BCUT2D eigenvalue weighted by atomic mass is 16.5. The summed E-state index contributed by atoms with van der Waals surface area (Å²) in [7, 11) is 1.69. The van der Waals surface area contributed by atoms with E-state index in [0.717, 1.165) is 18.8 Å². The molecule has 0 saturated carbocycles.